The van der Waals surface area contributed by atoms with Crippen molar-refractivity contribution in [3.8, 4) is 5.75 Å². The molecule has 0 spiro atoms. The Morgan fingerprint density at radius 2 is 2.05 bits per heavy atom. The minimum atomic E-state index is 0.0866. The van der Waals surface area contributed by atoms with Gasteiger partial charge >= 0.3 is 6.03 Å². The second-order valence-corrected chi connectivity index (χ2v) is 5.72. The van der Waals surface area contributed by atoms with Crippen molar-refractivity contribution in [2.75, 3.05) is 26.2 Å². The Balaban J connectivity index is 1.49. The number of fused-ring (bicyclic) bond motifs is 1. The standard InChI is InChI=1S/C16H22N2O2/c19-16(18-8-4-1-5-9-18)17-11-13-10-14-6-2-3-7-15(14)20-12-13/h2-3,6-7,13H,1,4-5,8-12H2,(H,17,19). The van der Waals surface area contributed by atoms with Crippen LogP contribution < -0.4 is 10.1 Å². The van der Waals surface area contributed by atoms with Gasteiger partial charge < -0.3 is 15.0 Å². The van der Waals surface area contributed by atoms with Gasteiger partial charge in [-0.05, 0) is 37.3 Å². The molecule has 2 heterocycles. The molecule has 1 saturated heterocycles. The average molecular weight is 274 g/mol. The SMILES string of the molecule is O=C(NCC1COc2ccccc2C1)N1CCCCC1. The van der Waals surface area contributed by atoms with Crippen LogP contribution in [0.2, 0.25) is 0 Å². The summed E-state index contributed by atoms with van der Waals surface area (Å²) in [5, 5.41) is 3.06. The van der Waals surface area contributed by atoms with E-state index in [-0.39, 0.29) is 6.03 Å². The largest absolute Gasteiger partial charge is 0.493 e. The molecule has 0 saturated carbocycles. The summed E-state index contributed by atoms with van der Waals surface area (Å²) in [5.74, 6) is 1.37. The van der Waals surface area contributed by atoms with E-state index < -0.39 is 0 Å². The molecule has 2 aliphatic heterocycles. The van der Waals surface area contributed by atoms with E-state index in [2.05, 4.69) is 11.4 Å². The Bertz CT molecular complexity index is 469. The Morgan fingerprint density at radius 3 is 2.90 bits per heavy atom. The number of benzene rings is 1. The fourth-order valence-electron chi connectivity index (χ4n) is 2.96. The van der Waals surface area contributed by atoms with Gasteiger partial charge in [-0.15, -0.1) is 0 Å². The second kappa shape index (κ2) is 6.16. The molecule has 0 bridgehead atoms. The molecule has 1 unspecified atom stereocenters. The minimum Gasteiger partial charge on any atom is -0.493 e. The van der Waals surface area contributed by atoms with Crippen LogP contribution in [-0.4, -0.2) is 37.2 Å². The molecular formula is C16H22N2O2. The van der Waals surface area contributed by atoms with Gasteiger partial charge in [-0.25, -0.2) is 4.79 Å². The third-order valence-corrected chi connectivity index (χ3v) is 4.14. The summed E-state index contributed by atoms with van der Waals surface area (Å²) in [6.45, 7) is 3.19. The Hall–Kier alpha value is -1.71. The van der Waals surface area contributed by atoms with Crippen molar-refractivity contribution in [3.05, 3.63) is 29.8 Å². The van der Waals surface area contributed by atoms with Gasteiger partial charge in [0.1, 0.15) is 5.75 Å². The van der Waals surface area contributed by atoms with Crippen molar-refractivity contribution in [1.29, 1.82) is 0 Å². The third kappa shape index (κ3) is 3.06. The molecule has 20 heavy (non-hydrogen) atoms. The maximum absolute atomic E-state index is 12.1. The number of carbonyl (C=O) groups is 1. The molecule has 4 nitrogen and oxygen atoms in total. The zero-order valence-corrected chi connectivity index (χ0v) is 11.8. The Labute approximate surface area is 120 Å². The average Bonchev–Trinajstić information content (AvgIpc) is 2.53. The summed E-state index contributed by atoms with van der Waals surface area (Å²) in [4.78, 5) is 14.0. The van der Waals surface area contributed by atoms with E-state index >= 15 is 0 Å². The van der Waals surface area contributed by atoms with Crippen molar-refractivity contribution >= 4 is 6.03 Å². The summed E-state index contributed by atoms with van der Waals surface area (Å²) >= 11 is 0. The van der Waals surface area contributed by atoms with Gasteiger partial charge in [0.15, 0.2) is 0 Å². The van der Waals surface area contributed by atoms with Crippen LogP contribution in [0.4, 0.5) is 4.79 Å². The number of likely N-dealkylation sites (tertiary alicyclic amines) is 1. The monoisotopic (exact) mass is 274 g/mol. The molecule has 1 N–H and O–H groups in total. The van der Waals surface area contributed by atoms with E-state index in [1.165, 1.54) is 12.0 Å². The molecule has 4 heteroatoms. The third-order valence-electron chi connectivity index (χ3n) is 4.14. The predicted octanol–water partition coefficient (Wildman–Crippen LogP) is 2.43. The molecule has 0 aromatic heterocycles. The van der Waals surface area contributed by atoms with Gasteiger partial charge in [0.25, 0.3) is 0 Å². The van der Waals surface area contributed by atoms with E-state index in [0.717, 1.165) is 38.1 Å². The number of nitrogens with zero attached hydrogens (tertiary/aromatic N) is 1. The van der Waals surface area contributed by atoms with Crippen LogP contribution >= 0.6 is 0 Å². The first-order chi connectivity index (χ1) is 9.83. The fourth-order valence-corrected chi connectivity index (χ4v) is 2.96. The molecule has 2 aliphatic rings. The summed E-state index contributed by atoms with van der Waals surface area (Å²) in [5.41, 5.74) is 1.25. The summed E-state index contributed by atoms with van der Waals surface area (Å²) in [6, 6.07) is 8.24. The van der Waals surface area contributed by atoms with E-state index in [0.29, 0.717) is 19.1 Å². The molecule has 1 aromatic carbocycles. The van der Waals surface area contributed by atoms with E-state index in [9.17, 15) is 4.79 Å². The molecule has 0 aliphatic carbocycles. The molecule has 1 aromatic rings. The van der Waals surface area contributed by atoms with Crippen molar-refractivity contribution in [1.82, 2.24) is 10.2 Å². The molecule has 1 atom stereocenters. The highest BCUT2D eigenvalue weighted by Crippen LogP contribution is 2.26. The van der Waals surface area contributed by atoms with Crippen molar-refractivity contribution in [3.63, 3.8) is 0 Å². The lowest BCUT2D eigenvalue weighted by molar-refractivity contribution is 0.177. The quantitative estimate of drug-likeness (QED) is 0.900. The zero-order valence-electron chi connectivity index (χ0n) is 11.8. The maximum atomic E-state index is 12.1. The molecule has 3 rings (SSSR count). The van der Waals surface area contributed by atoms with Gasteiger partial charge in [0.05, 0.1) is 6.61 Å². The van der Waals surface area contributed by atoms with Crippen molar-refractivity contribution in [2.45, 2.75) is 25.7 Å². The number of rotatable bonds is 2. The lowest BCUT2D eigenvalue weighted by Crippen LogP contribution is -2.45. The van der Waals surface area contributed by atoms with Crippen LogP contribution in [-0.2, 0) is 6.42 Å². The van der Waals surface area contributed by atoms with E-state index in [1.807, 2.05) is 23.1 Å². The van der Waals surface area contributed by atoms with Crippen LogP contribution in [0.1, 0.15) is 24.8 Å². The zero-order chi connectivity index (χ0) is 13.8. The van der Waals surface area contributed by atoms with Gasteiger partial charge in [-0.2, -0.15) is 0 Å². The van der Waals surface area contributed by atoms with Crippen LogP contribution in [0.15, 0.2) is 24.3 Å². The first-order valence-electron chi connectivity index (χ1n) is 7.56. The predicted molar refractivity (Wildman–Crippen MR) is 78.0 cm³/mol. The van der Waals surface area contributed by atoms with Crippen molar-refractivity contribution < 1.29 is 9.53 Å². The number of carbonyl (C=O) groups excluding carboxylic acids is 1. The number of amides is 2. The van der Waals surface area contributed by atoms with Crippen LogP contribution in [0.25, 0.3) is 0 Å². The number of piperidine rings is 1. The molecule has 108 valence electrons. The number of ether oxygens (including phenoxy) is 1. The van der Waals surface area contributed by atoms with Gasteiger partial charge in [0, 0.05) is 25.6 Å². The normalized spacial score (nSPS) is 21.8. The van der Waals surface area contributed by atoms with Crippen molar-refractivity contribution in [2.24, 2.45) is 5.92 Å². The summed E-state index contributed by atoms with van der Waals surface area (Å²) in [6.07, 6.45) is 4.49. The number of hydrogen-bond acceptors (Lipinski definition) is 2. The first kappa shape index (κ1) is 13.3. The maximum Gasteiger partial charge on any atom is 0.317 e. The molecule has 1 fully saturated rings. The van der Waals surface area contributed by atoms with E-state index in [1.54, 1.807) is 0 Å². The van der Waals surface area contributed by atoms with Gasteiger partial charge in [-0.1, -0.05) is 18.2 Å². The Kier molecular flexibility index (Phi) is 4.09. The second-order valence-electron chi connectivity index (χ2n) is 5.72. The molecular weight excluding hydrogens is 252 g/mol. The summed E-state index contributed by atoms with van der Waals surface area (Å²) in [7, 11) is 0. The van der Waals surface area contributed by atoms with Crippen LogP contribution in [0.3, 0.4) is 0 Å². The van der Waals surface area contributed by atoms with Gasteiger partial charge in [0.2, 0.25) is 0 Å². The number of hydrogen-bond donors (Lipinski definition) is 1. The summed E-state index contributed by atoms with van der Waals surface area (Å²) < 4.78 is 5.75. The van der Waals surface area contributed by atoms with Crippen LogP contribution in [0, 0.1) is 5.92 Å². The highest BCUT2D eigenvalue weighted by molar-refractivity contribution is 5.74. The molecule has 2 amide bonds. The fraction of sp³-hybridized carbons (Fsp3) is 0.562. The lowest BCUT2D eigenvalue weighted by atomic mass is 9.97. The first-order valence-corrected chi connectivity index (χ1v) is 7.56. The van der Waals surface area contributed by atoms with E-state index in [4.69, 9.17) is 4.74 Å². The highest BCUT2D eigenvalue weighted by atomic mass is 16.5. The topological polar surface area (TPSA) is 41.6 Å². The van der Waals surface area contributed by atoms with Crippen LogP contribution in [0.5, 0.6) is 5.75 Å². The van der Waals surface area contributed by atoms with Gasteiger partial charge in [-0.3, -0.25) is 0 Å². The number of para-hydroxylation sites is 1. The smallest absolute Gasteiger partial charge is 0.317 e. The minimum absolute atomic E-state index is 0.0866. The highest BCUT2D eigenvalue weighted by Gasteiger charge is 2.21. The number of nitrogens with one attached hydrogen (secondary N) is 1. The Morgan fingerprint density at radius 1 is 1.25 bits per heavy atom. The molecule has 0 radical (unpaired) electrons. The lowest BCUT2D eigenvalue weighted by Gasteiger charge is -2.29. The number of urea groups is 1.